The van der Waals surface area contributed by atoms with Gasteiger partial charge in [-0.05, 0) is 75.0 Å². The number of piperidine rings is 1. The number of carbonyl (C=O) groups excluding carboxylic acids is 1. The van der Waals surface area contributed by atoms with Crippen LogP contribution in [0, 0.1) is 12.8 Å². The monoisotopic (exact) mass is 565 g/mol. The number of hydrogen-bond donors (Lipinski definition) is 3. The van der Waals surface area contributed by atoms with Crippen LogP contribution in [-0.2, 0) is 21.4 Å². The maximum Gasteiger partial charge on any atom is 0.339 e. The van der Waals surface area contributed by atoms with Crippen molar-refractivity contribution < 1.29 is 27.9 Å². The Balaban J connectivity index is 1.59. The number of nitrogens with zero attached hydrogens (tertiary/aromatic N) is 1. The van der Waals surface area contributed by atoms with Gasteiger partial charge in [0.25, 0.3) is 0 Å². The number of benzene rings is 3. The Morgan fingerprint density at radius 2 is 1.73 bits per heavy atom. The molecule has 0 aliphatic carbocycles. The van der Waals surface area contributed by atoms with E-state index in [1.807, 2.05) is 37.3 Å². The zero-order chi connectivity index (χ0) is 28.7. The van der Waals surface area contributed by atoms with Crippen LogP contribution in [0.4, 0.5) is 5.69 Å². The lowest BCUT2D eigenvalue weighted by atomic mass is 9.90. The molecule has 1 atom stereocenters. The Kier molecular flexibility index (Phi) is 9.57. The molecule has 0 aromatic heterocycles. The number of amides is 1. The number of sulfonamides is 1. The van der Waals surface area contributed by atoms with Crippen LogP contribution in [0.15, 0.2) is 77.7 Å². The van der Waals surface area contributed by atoms with Crippen molar-refractivity contribution >= 4 is 27.6 Å². The Morgan fingerprint density at radius 1 is 1.05 bits per heavy atom. The molecule has 0 spiro atoms. The number of carboxylic acid groups (broad SMARTS) is 1. The van der Waals surface area contributed by atoms with E-state index in [4.69, 9.17) is 4.74 Å². The van der Waals surface area contributed by atoms with E-state index < -0.39 is 27.9 Å². The van der Waals surface area contributed by atoms with Gasteiger partial charge in [-0.1, -0.05) is 48.0 Å². The van der Waals surface area contributed by atoms with Gasteiger partial charge in [0.1, 0.15) is 24.0 Å². The summed E-state index contributed by atoms with van der Waals surface area (Å²) in [5.74, 6) is -1.38. The molecule has 1 fully saturated rings. The molecule has 212 valence electrons. The van der Waals surface area contributed by atoms with E-state index in [1.54, 1.807) is 24.3 Å². The second kappa shape index (κ2) is 13.1. The van der Waals surface area contributed by atoms with Gasteiger partial charge in [-0.25, -0.2) is 13.2 Å². The third-order valence-corrected chi connectivity index (χ3v) is 9.05. The van der Waals surface area contributed by atoms with Gasteiger partial charge in [-0.15, -0.1) is 0 Å². The molecule has 3 aromatic carbocycles. The van der Waals surface area contributed by atoms with Crippen molar-refractivity contribution in [3.63, 3.8) is 0 Å². The third-order valence-electron chi connectivity index (χ3n) is 7.17. The number of aryl methyl sites for hydroxylation is 1. The quantitative estimate of drug-likeness (QED) is 0.317. The average Bonchev–Trinajstić information content (AvgIpc) is 2.95. The summed E-state index contributed by atoms with van der Waals surface area (Å²) in [6, 6.07) is 19.2. The zero-order valence-corrected chi connectivity index (χ0v) is 23.5. The van der Waals surface area contributed by atoms with Gasteiger partial charge >= 0.3 is 5.97 Å². The van der Waals surface area contributed by atoms with Crippen LogP contribution in [0.5, 0.6) is 5.75 Å². The molecule has 10 heteroatoms. The van der Waals surface area contributed by atoms with Crippen molar-refractivity contribution in [3.05, 3.63) is 89.5 Å². The first-order valence-electron chi connectivity index (χ1n) is 13.3. The molecule has 0 saturated carbocycles. The fourth-order valence-corrected chi connectivity index (χ4v) is 6.08. The lowest BCUT2D eigenvalue weighted by Gasteiger charge is -2.31. The first-order valence-corrected chi connectivity index (χ1v) is 14.7. The van der Waals surface area contributed by atoms with Crippen LogP contribution in [-0.4, -0.2) is 55.9 Å². The molecular weight excluding hydrogens is 530 g/mol. The first-order chi connectivity index (χ1) is 19.1. The smallest absolute Gasteiger partial charge is 0.339 e. The van der Waals surface area contributed by atoms with Gasteiger partial charge in [0.15, 0.2) is 0 Å². The van der Waals surface area contributed by atoms with E-state index in [0.29, 0.717) is 12.1 Å². The highest BCUT2D eigenvalue weighted by Crippen LogP contribution is 2.28. The lowest BCUT2D eigenvalue weighted by Crippen LogP contribution is -2.46. The van der Waals surface area contributed by atoms with Crippen molar-refractivity contribution in [1.82, 2.24) is 9.62 Å². The van der Waals surface area contributed by atoms with Crippen molar-refractivity contribution in [3.8, 4) is 5.75 Å². The molecule has 0 bridgehead atoms. The predicted molar refractivity (Wildman–Crippen MR) is 153 cm³/mol. The molecular formula is C30H35N3O6S. The fourth-order valence-electron chi connectivity index (χ4n) is 4.75. The summed E-state index contributed by atoms with van der Waals surface area (Å²) in [5.41, 5.74) is 2.06. The number of anilines is 1. The predicted octanol–water partition coefficient (Wildman–Crippen LogP) is 4.29. The van der Waals surface area contributed by atoms with E-state index in [0.717, 1.165) is 41.4 Å². The summed E-state index contributed by atoms with van der Waals surface area (Å²) < 4.78 is 34.0. The average molecular weight is 566 g/mol. The van der Waals surface area contributed by atoms with Crippen LogP contribution >= 0.6 is 0 Å². The first kappa shape index (κ1) is 29.3. The Morgan fingerprint density at radius 3 is 2.38 bits per heavy atom. The van der Waals surface area contributed by atoms with Crippen molar-refractivity contribution in [1.29, 1.82) is 0 Å². The minimum atomic E-state index is -3.95. The minimum Gasteiger partial charge on any atom is -0.488 e. The van der Waals surface area contributed by atoms with Crippen LogP contribution < -0.4 is 15.4 Å². The lowest BCUT2D eigenvalue weighted by molar-refractivity contribution is -0.120. The summed E-state index contributed by atoms with van der Waals surface area (Å²) in [4.78, 5) is 25.6. The van der Waals surface area contributed by atoms with Crippen molar-refractivity contribution in [2.75, 3.05) is 25.5 Å². The molecule has 1 unspecified atom stereocenters. The van der Waals surface area contributed by atoms with Crippen LogP contribution in [0.2, 0.25) is 0 Å². The molecule has 1 aliphatic heterocycles. The highest BCUT2D eigenvalue weighted by atomic mass is 32.2. The zero-order valence-electron chi connectivity index (χ0n) is 22.7. The number of carbonyl (C=O) groups is 2. The van der Waals surface area contributed by atoms with E-state index in [9.17, 15) is 23.1 Å². The highest BCUT2D eigenvalue weighted by molar-refractivity contribution is 7.89. The second-order valence-electron chi connectivity index (χ2n) is 10.1. The molecule has 1 aliphatic rings. The standard InChI is InChI=1S/C30H35N3O6S/c1-21-8-11-25(12-9-21)40(37,38)33(2)27(18-22-14-16-31-17-15-22)29(34)32-24-10-13-26(30(35)36)28(19-24)39-20-23-6-4-3-5-7-23/h3-13,19,22,27,31H,14-18,20H2,1-2H3,(H,32,34)(H,35,36). The summed E-state index contributed by atoms with van der Waals surface area (Å²) >= 11 is 0. The highest BCUT2D eigenvalue weighted by Gasteiger charge is 2.35. The number of nitrogens with one attached hydrogen (secondary N) is 2. The SMILES string of the molecule is Cc1ccc(S(=O)(=O)N(C)C(CC2CCNCC2)C(=O)Nc2ccc(C(=O)O)c(OCc3ccccc3)c2)cc1. The van der Waals surface area contributed by atoms with E-state index in [-0.39, 0.29) is 28.7 Å². The number of aromatic carboxylic acids is 1. The maximum absolute atomic E-state index is 13.7. The maximum atomic E-state index is 13.7. The number of ether oxygens (including phenoxy) is 1. The number of hydrogen-bond acceptors (Lipinski definition) is 6. The largest absolute Gasteiger partial charge is 0.488 e. The normalized spacial score (nSPS) is 15.0. The van der Waals surface area contributed by atoms with Crippen LogP contribution in [0.25, 0.3) is 0 Å². The molecule has 40 heavy (non-hydrogen) atoms. The third kappa shape index (κ3) is 7.26. The van der Waals surface area contributed by atoms with E-state index in [2.05, 4.69) is 10.6 Å². The molecule has 1 heterocycles. The van der Waals surface area contributed by atoms with Gasteiger partial charge in [-0.2, -0.15) is 4.31 Å². The molecule has 9 nitrogen and oxygen atoms in total. The van der Waals surface area contributed by atoms with Gasteiger partial charge in [-0.3, -0.25) is 4.79 Å². The molecule has 4 rings (SSSR count). The van der Waals surface area contributed by atoms with Crippen LogP contribution in [0.1, 0.15) is 40.7 Å². The molecule has 3 N–H and O–H groups in total. The van der Waals surface area contributed by atoms with E-state index >= 15 is 0 Å². The summed E-state index contributed by atoms with van der Waals surface area (Å²) in [6.07, 6.45) is 2.04. The Hall–Kier alpha value is -3.73. The molecule has 1 amide bonds. The number of rotatable bonds is 11. The number of carboxylic acids is 1. The molecule has 3 aromatic rings. The van der Waals surface area contributed by atoms with Gasteiger partial charge in [0, 0.05) is 18.8 Å². The Bertz CT molecular complexity index is 1420. The summed E-state index contributed by atoms with van der Waals surface area (Å²) in [5, 5.41) is 15.8. The van der Waals surface area contributed by atoms with Crippen molar-refractivity contribution in [2.24, 2.45) is 5.92 Å². The fraction of sp³-hybridized carbons (Fsp3) is 0.333. The Labute approximate surface area is 235 Å². The minimum absolute atomic E-state index is 0.0424. The summed E-state index contributed by atoms with van der Waals surface area (Å²) in [7, 11) is -2.52. The second-order valence-corrected chi connectivity index (χ2v) is 12.1. The summed E-state index contributed by atoms with van der Waals surface area (Å²) in [6.45, 7) is 3.65. The number of likely N-dealkylation sites (N-methyl/N-ethyl adjacent to an activating group) is 1. The van der Waals surface area contributed by atoms with Gasteiger partial charge < -0.3 is 20.5 Å². The molecule has 0 radical (unpaired) electrons. The molecule has 1 saturated heterocycles. The van der Waals surface area contributed by atoms with Crippen molar-refractivity contribution in [2.45, 2.75) is 43.7 Å². The van der Waals surface area contributed by atoms with Crippen LogP contribution in [0.3, 0.4) is 0 Å². The van der Waals surface area contributed by atoms with E-state index in [1.165, 1.54) is 25.2 Å². The topological polar surface area (TPSA) is 125 Å². The van der Waals surface area contributed by atoms with Gasteiger partial charge in [0.05, 0.1) is 4.90 Å². The van der Waals surface area contributed by atoms with Gasteiger partial charge in [0.2, 0.25) is 15.9 Å².